The van der Waals surface area contributed by atoms with Crippen LogP contribution in [0.2, 0.25) is 0 Å². The molecular weight excluding hydrogens is 382 g/mol. The standard InChI is InChI=1S/C24H41NO3S/c1-3-4-5-6-7-8-9-10-11-12-13-14-15-17-21(27)23(20(2)26)25-24(28)22-18-16-19-29-22/h16,18-20,23,26H,3-15,17H2,1-2H3,(H,25,28)/t20-,23+/m1/s1. The van der Waals surface area contributed by atoms with Gasteiger partial charge in [-0.2, -0.15) is 0 Å². The Hall–Kier alpha value is -1.20. The van der Waals surface area contributed by atoms with E-state index in [2.05, 4.69) is 12.2 Å². The number of ketones is 1. The molecule has 2 atom stereocenters. The number of carbonyl (C=O) groups is 2. The van der Waals surface area contributed by atoms with E-state index >= 15 is 0 Å². The van der Waals surface area contributed by atoms with Gasteiger partial charge in [-0.05, 0) is 24.8 Å². The fraction of sp³-hybridized carbons (Fsp3) is 0.750. The molecule has 1 rings (SSSR count). The first-order valence-electron chi connectivity index (χ1n) is 11.6. The van der Waals surface area contributed by atoms with Gasteiger partial charge in [-0.1, -0.05) is 90.0 Å². The molecule has 0 saturated carbocycles. The molecule has 4 nitrogen and oxygen atoms in total. The third-order valence-corrected chi connectivity index (χ3v) is 6.26. The molecule has 1 heterocycles. The zero-order valence-corrected chi connectivity index (χ0v) is 19.3. The van der Waals surface area contributed by atoms with E-state index in [4.69, 9.17) is 0 Å². The Morgan fingerprint density at radius 2 is 1.45 bits per heavy atom. The molecule has 0 unspecified atom stereocenters. The molecule has 166 valence electrons. The smallest absolute Gasteiger partial charge is 0.262 e. The van der Waals surface area contributed by atoms with Gasteiger partial charge in [0.1, 0.15) is 6.04 Å². The summed E-state index contributed by atoms with van der Waals surface area (Å²) in [6, 6.07) is 2.70. The fourth-order valence-corrected chi connectivity index (χ4v) is 4.19. The van der Waals surface area contributed by atoms with Crippen LogP contribution in [0.5, 0.6) is 0 Å². The number of amides is 1. The number of rotatable bonds is 18. The molecule has 5 heteroatoms. The third-order valence-electron chi connectivity index (χ3n) is 5.39. The molecule has 0 aliphatic rings. The van der Waals surface area contributed by atoms with Crippen LogP contribution < -0.4 is 5.32 Å². The summed E-state index contributed by atoms with van der Waals surface area (Å²) >= 11 is 1.33. The maximum atomic E-state index is 12.4. The fourth-order valence-electron chi connectivity index (χ4n) is 3.56. The highest BCUT2D eigenvalue weighted by Gasteiger charge is 2.25. The van der Waals surface area contributed by atoms with Crippen LogP contribution in [0, 0.1) is 0 Å². The third kappa shape index (κ3) is 12.2. The molecule has 1 aromatic rings. The van der Waals surface area contributed by atoms with Gasteiger partial charge >= 0.3 is 0 Å². The predicted molar refractivity (Wildman–Crippen MR) is 123 cm³/mol. The van der Waals surface area contributed by atoms with Crippen molar-refractivity contribution < 1.29 is 14.7 Å². The summed E-state index contributed by atoms with van der Waals surface area (Å²) in [5.74, 6) is -0.363. The first kappa shape index (κ1) is 25.8. The number of carbonyl (C=O) groups excluding carboxylic acids is 2. The first-order valence-corrected chi connectivity index (χ1v) is 12.5. The van der Waals surface area contributed by atoms with Crippen LogP contribution in [0.15, 0.2) is 17.5 Å². The van der Waals surface area contributed by atoms with Gasteiger partial charge < -0.3 is 10.4 Å². The molecular formula is C24H41NO3S. The number of hydrogen-bond donors (Lipinski definition) is 2. The SMILES string of the molecule is CCCCCCCCCCCCCCCC(=O)[C@@H](NC(=O)c1cccs1)[C@@H](C)O. The Morgan fingerprint density at radius 1 is 0.931 bits per heavy atom. The lowest BCUT2D eigenvalue weighted by molar-refractivity contribution is -0.123. The summed E-state index contributed by atoms with van der Waals surface area (Å²) in [6.45, 7) is 3.81. The van der Waals surface area contributed by atoms with E-state index in [-0.39, 0.29) is 11.7 Å². The second-order valence-electron chi connectivity index (χ2n) is 8.13. The quantitative estimate of drug-likeness (QED) is 0.273. The van der Waals surface area contributed by atoms with Gasteiger partial charge in [0.2, 0.25) is 0 Å². The summed E-state index contributed by atoms with van der Waals surface area (Å²) in [4.78, 5) is 25.1. The van der Waals surface area contributed by atoms with Gasteiger partial charge in [0, 0.05) is 6.42 Å². The highest BCUT2D eigenvalue weighted by molar-refractivity contribution is 7.12. The van der Waals surface area contributed by atoms with Crippen molar-refractivity contribution in [3.05, 3.63) is 22.4 Å². The second-order valence-corrected chi connectivity index (χ2v) is 9.08. The summed E-state index contributed by atoms with van der Waals surface area (Å²) in [5, 5.41) is 14.4. The van der Waals surface area contributed by atoms with Crippen molar-refractivity contribution >= 4 is 23.0 Å². The van der Waals surface area contributed by atoms with Crippen LogP contribution in [0.1, 0.15) is 113 Å². The van der Waals surface area contributed by atoms with Gasteiger partial charge in [-0.15, -0.1) is 11.3 Å². The lowest BCUT2D eigenvalue weighted by atomic mass is 10.00. The van der Waals surface area contributed by atoms with E-state index < -0.39 is 12.1 Å². The van der Waals surface area contributed by atoms with Crippen LogP contribution in [-0.2, 0) is 4.79 Å². The number of aliphatic hydroxyl groups is 1. The topological polar surface area (TPSA) is 66.4 Å². The molecule has 1 amide bonds. The Morgan fingerprint density at radius 3 is 1.90 bits per heavy atom. The van der Waals surface area contributed by atoms with Crippen LogP contribution in [0.3, 0.4) is 0 Å². The Kier molecular flexibility index (Phi) is 14.8. The normalized spacial score (nSPS) is 13.2. The number of hydrogen-bond acceptors (Lipinski definition) is 4. The molecule has 0 aliphatic carbocycles. The summed E-state index contributed by atoms with van der Waals surface area (Å²) in [5.41, 5.74) is 0. The van der Waals surface area contributed by atoms with E-state index in [9.17, 15) is 14.7 Å². The zero-order chi connectivity index (χ0) is 21.3. The molecule has 1 aromatic heterocycles. The lowest BCUT2D eigenvalue weighted by Gasteiger charge is -2.20. The Labute approximate surface area is 181 Å². The second kappa shape index (κ2) is 16.6. The summed E-state index contributed by atoms with van der Waals surface area (Å²) in [6.07, 6.45) is 16.0. The zero-order valence-electron chi connectivity index (χ0n) is 18.5. The van der Waals surface area contributed by atoms with E-state index in [1.54, 1.807) is 19.1 Å². The molecule has 2 N–H and O–H groups in total. The van der Waals surface area contributed by atoms with Crippen molar-refractivity contribution in [1.82, 2.24) is 5.32 Å². The largest absolute Gasteiger partial charge is 0.391 e. The minimum atomic E-state index is -0.881. The average molecular weight is 424 g/mol. The number of Topliss-reactive ketones (excluding diaryl/α,β-unsaturated/α-hetero) is 1. The van der Waals surface area contributed by atoms with Crippen molar-refractivity contribution in [2.45, 2.75) is 116 Å². The van der Waals surface area contributed by atoms with Gasteiger partial charge in [0.25, 0.3) is 5.91 Å². The van der Waals surface area contributed by atoms with E-state index in [0.717, 1.165) is 19.3 Å². The first-order chi connectivity index (χ1) is 14.1. The van der Waals surface area contributed by atoms with Crippen molar-refractivity contribution in [3.63, 3.8) is 0 Å². The maximum absolute atomic E-state index is 12.4. The predicted octanol–water partition coefficient (Wildman–Crippen LogP) is 6.28. The van der Waals surface area contributed by atoms with Crippen molar-refractivity contribution in [2.75, 3.05) is 0 Å². The van der Waals surface area contributed by atoms with E-state index in [1.165, 1.54) is 75.5 Å². The molecule has 0 fully saturated rings. The molecule has 0 bridgehead atoms. The highest BCUT2D eigenvalue weighted by atomic mass is 32.1. The molecule has 29 heavy (non-hydrogen) atoms. The van der Waals surface area contributed by atoms with Crippen molar-refractivity contribution in [2.24, 2.45) is 0 Å². The van der Waals surface area contributed by atoms with E-state index in [0.29, 0.717) is 11.3 Å². The molecule has 0 radical (unpaired) electrons. The Bertz CT molecular complexity index is 542. The monoisotopic (exact) mass is 423 g/mol. The minimum Gasteiger partial charge on any atom is -0.391 e. The van der Waals surface area contributed by atoms with Crippen molar-refractivity contribution in [1.29, 1.82) is 0 Å². The maximum Gasteiger partial charge on any atom is 0.262 e. The van der Waals surface area contributed by atoms with Crippen molar-refractivity contribution in [3.8, 4) is 0 Å². The molecule has 0 spiro atoms. The summed E-state index contributed by atoms with van der Waals surface area (Å²) in [7, 11) is 0. The average Bonchev–Trinajstić information content (AvgIpc) is 3.24. The van der Waals surface area contributed by atoms with E-state index in [1.807, 2.05) is 5.38 Å². The van der Waals surface area contributed by atoms with Crippen LogP contribution in [0.4, 0.5) is 0 Å². The van der Waals surface area contributed by atoms with Crippen LogP contribution >= 0.6 is 11.3 Å². The molecule has 0 aromatic carbocycles. The lowest BCUT2D eigenvalue weighted by Crippen LogP contribution is -2.47. The minimum absolute atomic E-state index is 0.0759. The van der Waals surface area contributed by atoms with Gasteiger partial charge in [-0.25, -0.2) is 0 Å². The highest BCUT2D eigenvalue weighted by Crippen LogP contribution is 2.14. The van der Waals surface area contributed by atoms with Gasteiger partial charge in [-0.3, -0.25) is 9.59 Å². The van der Waals surface area contributed by atoms with Gasteiger partial charge in [0.15, 0.2) is 5.78 Å². The van der Waals surface area contributed by atoms with Crippen LogP contribution in [0.25, 0.3) is 0 Å². The number of thiophene rings is 1. The molecule has 0 aliphatic heterocycles. The van der Waals surface area contributed by atoms with Gasteiger partial charge in [0.05, 0.1) is 11.0 Å². The Balaban J connectivity index is 2.06. The molecule has 0 saturated heterocycles. The number of unbranched alkanes of at least 4 members (excludes halogenated alkanes) is 12. The van der Waals surface area contributed by atoms with Crippen LogP contribution in [-0.4, -0.2) is 28.9 Å². The number of nitrogens with one attached hydrogen (secondary N) is 1. The number of aliphatic hydroxyl groups excluding tert-OH is 1. The summed E-state index contributed by atoms with van der Waals surface area (Å²) < 4.78 is 0.